The van der Waals surface area contributed by atoms with Crippen molar-refractivity contribution in [3.8, 4) is 0 Å². The summed E-state index contributed by atoms with van der Waals surface area (Å²) in [5.41, 5.74) is -0.419. The molecule has 0 aromatic heterocycles. The molecular formula is C12H22N2O3. The lowest BCUT2D eigenvalue weighted by molar-refractivity contribution is 0.0230. The molecule has 1 saturated heterocycles. The first-order valence-electron chi connectivity index (χ1n) is 6.22. The summed E-state index contributed by atoms with van der Waals surface area (Å²) in [4.78, 5) is 18.6. The van der Waals surface area contributed by atoms with Crippen molar-refractivity contribution < 1.29 is 14.4 Å². The number of nitrogens with zero attached hydrogens (tertiary/aromatic N) is 1. The normalized spacial score (nSPS) is 32.7. The number of carbonyl (C=O) groups excluding carboxylic acids is 1. The second-order valence-corrected chi connectivity index (χ2v) is 6.13. The molecule has 17 heavy (non-hydrogen) atoms. The first-order valence-corrected chi connectivity index (χ1v) is 6.22. The summed E-state index contributed by atoms with van der Waals surface area (Å²) in [6.45, 7) is 7.22. The maximum absolute atomic E-state index is 11.9. The highest BCUT2D eigenvalue weighted by molar-refractivity contribution is 5.68. The van der Waals surface area contributed by atoms with Gasteiger partial charge in [0.2, 0.25) is 0 Å². The molecular weight excluding hydrogens is 220 g/mol. The lowest BCUT2D eigenvalue weighted by Crippen LogP contribution is -2.36. The maximum Gasteiger partial charge on any atom is 0.410 e. The van der Waals surface area contributed by atoms with E-state index in [0.717, 1.165) is 25.9 Å². The number of carbonyl (C=O) groups is 1. The summed E-state index contributed by atoms with van der Waals surface area (Å²) in [7, 11) is 0. The first-order chi connectivity index (χ1) is 7.89. The van der Waals surface area contributed by atoms with Gasteiger partial charge in [0.15, 0.2) is 0 Å². The predicted molar refractivity (Wildman–Crippen MR) is 63.1 cm³/mol. The summed E-state index contributed by atoms with van der Waals surface area (Å²) < 4.78 is 5.37. The van der Waals surface area contributed by atoms with Gasteiger partial charge >= 0.3 is 6.09 Å². The Labute approximate surface area is 102 Å². The van der Waals surface area contributed by atoms with Gasteiger partial charge in [-0.25, -0.2) is 10.7 Å². The zero-order valence-corrected chi connectivity index (χ0v) is 10.8. The molecule has 98 valence electrons. The molecule has 2 aliphatic rings. The van der Waals surface area contributed by atoms with E-state index in [2.05, 4.69) is 0 Å². The topological polar surface area (TPSA) is 64.8 Å². The highest BCUT2D eigenvalue weighted by Crippen LogP contribution is 2.39. The third-order valence-corrected chi connectivity index (χ3v) is 3.55. The van der Waals surface area contributed by atoms with Gasteiger partial charge in [-0.3, -0.25) is 0 Å². The third kappa shape index (κ3) is 2.90. The monoisotopic (exact) mass is 242 g/mol. The zero-order valence-electron chi connectivity index (χ0n) is 10.8. The van der Waals surface area contributed by atoms with Crippen LogP contribution < -0.4 is 5.90 Å². The quantitative estimate of drug-likeness (QED) is 0.708. The molecule has 0 radical (unpaired) electrons. The molecule has 1 amide bonds. The molecule has 2 fully saturated rings. The number of nitrogens with two attached hydrogens (primary N) is 1. The van der Waals surface area contributed by atoms with E-state index in [-0.39, 0.29) is 12.2 Å². The minimum atomic E-state index is -0.419. The number of hydrogen-bond acceptors (Lipinski definition) is 4. The Morgan fingerprint density at radius 1 is 1.24 bits per heavy atom. The Morgan fingerprint density at radius 3 is 2.18 bits per heavy atom. The van der Waals surface area contributed by atoms with Crippen LogP contribution in [0.5, 0.6) is 0 Å². The molecule has 0 unspecified atom stereocenters. The van der Waals surface area contributed by atoms with Gasteiger partial charge < -0.3 is 14.5 Å². The third-order valence-electron chi connectivity index (χ3n) is 3.55. The van der Waals surface area contributed by atoms with E-state index < -0.39 is 5.60 Å². The molecule has 0 bridgehead atoms. The average molecular weight is 242 g/mol. The number of hydrogen-bond donors (Lipinski definition) is 1. The Kier molecular flexibility index (Phi) is 3.32. The zero-order chi connectivity index (χ0) is 12.6. The van der Waals surface area contributed by atoms with Crippen molar-refractivity contribution in [1.29, 1.82) is 0 Å². The molecule has 2 rings (SSSR count). The van der Waals surface area contributed by atoms with Crippen LogP contribution in [0.15, 0.2) is 0 Å². The van der Waals surface area contributed by atoms with Gasteiger partial charge in [0.25, 0.3) is 0 Å². The van der Waals surface area contributed by atoms with Gasteiger partial charge in [-0.15, -0.1) is 0 Å². The van der Waals surface area contributed by atoms with Crippen molar-refractivity contribution in [2.45, 2.75) is 45.3 Å². The first kappa shape index (κ1) is 12.6. The van der Waals surface area contributed by atoms with Crippen molar-refractivity contribution in [2.24, 2.45) is 17.7 Å². The molecule has 5 heteroatoms. The molecule has 1 aliphatic heterocycles. The van der Waals surface area contributed by atoms with Gasteiger partial charge in [-0.2, -0.15) is 0 Å². The van der Waals surface area contributed by atoms with Crippen LogP contribution >= 0.6 is 0 Å². The van der Waals surface area contributed by atoms with Crippen LogP contribution in [0.3, 0.4) is 0 Å². The van der Waals surface area contributed by atoms with E-state index >= 15 is 0 Å². The molecule has 2 N–H and O–H groups in total. The van der Waals surface area contributed by atoms with Gasteiger partial charge in [0, 0.05) is 13.1 Å². The van der Waals surface area contributed by atoms with Gasteiger partial charge in [-0.05, 0) is 45.4 Å². The number of likely N-dealkylation sites (tertiary alicyclic amines) is 1. The highest BCUT2D eigenvalue weighted by Gasteiger charge is 2.43. The molecule has 1 heterocycles. The van der Waals surface area contributed by atoms with Crippen molar-refractivity contribution in [2.75, 3.05) is 13.1 Å². The van der Waals surface area contributed by atoms with Crippen LogP contribution in [0.2, 0.25) is 0 Å². The molecule has 5 nitrogen and oxygen atoms in total. The molecule has 1 saturated carbocycles. The number of amides is 1. The van der Waals surface area contributed by atoms with E-state index in [4.69, 9.17) is 15.5 Å². The second kappa shape index (κ2) is 4.46. The van der Waals surface area contributed by atoms with E-state index in [0.29, 0.717) is 11.8 Å². The van der Waals surface area contributed by atoms with Crippen molar-refractivity contribution >= 4 is 6.09 Å². The lowest BCUT2D eigenvalue weighted by Gasteiger charge is -2.25. The highest BCUT2D eigenvalue weighted by atomic mass is 16.6. The van der Waals surface area contributed by atoms with E-state index in [9.17, 15) is 4.79 Å². The lowest BCUT2D eigenvalue weighted by atomic mass is 10.0. The van der Waals surface area contributed by atoms with E-state index in [1.807, 2.05) is 25.7 Å². The summed E-state index contributed by atoms with van der Waals surface area (Å²) >= 11 is 0. The maximum atomic E-state index is 11.9. The predicted octanol–water partition coefficient (Wildman–Crippen LogP) is 1.52. The number of ether oxygens (including phenoxy) is 1. The molecule has 0 aromatic rings. The summed E-state index contributed by atoms with van der Waals surface area (Å²) in [5.74, 6) is 6.26. The Hall–Kier alpha value is -0.810. The fourth-order valence-corrected chi connectivity index (χ4v) is 2.83. The molecule has 1 aliphatic carbocycles. The molecule has 0 aromatic carbocycles. The number of rotatable bonds is 1. The standard InChI is InChI=1S/C12H22N2O3/c1-12(2,3)16-11(15)14-6-8-4-10(17-13)5-9(8)7-14/h8-10H,4-7,13H2,1-3H3/t8-,9+,10-. The van der Waals surface area contributed by atoms with Crippen LogP contribution in [0.25, 0.3) is 0 Å². The summed E-state index contributed by atoms with van der Waals surface area (Å²) in [6.07, 6.45) is 1.89. The smallest absolute Gasteiger partial charge is 0.410 e. The van der Waals surface area contributed by atoms with Crippen molar-refractivity contribution in [3.63, 3.8) is 0 Å². The summed E-state index contributed by atoms with van der Waals surface area (Å²) in [5, 5.41) is 0. The van der Waals surface area contributed by atoms with E-state index in [1.165, 1.54) is 0 Å². The van der Waals surface area contributed by atoms with Crippen LogP contribution in [0, 0.1) is 11.8 Å². The SMILES string of the molecule is CC(C)(C)OC(=O)N1C[C@H]2C[C@@H](ON)C[C@H]2C1. The fraction of sp³-hybridized carbons (Fsp3) is 0.917. The van der Waals surface area contributed by atoms with Crippen molar-refractivity contribution in [3.05, 3.63) is 0 Å². The second-order valence-electron chi connectivity index (χ2n) is 6.13. The van der Waals surface area contributed by atoms with Crippen LogP contribution in [0.4, 0.5) is 4.79 Å². The van der Waals surface area contributed by atoms with Crippen LogP contribution in [-0.4, -0.2) is 35.8 Å². The van der Waals surface area contributed by atoms with Gasteiger partial charge in [0.05, 0.1) is 6.10 Å². The Morgan fingerprint density at radius 2 is 1.76 bits per heavy atom. The number of fused-ring (bicyclic) bond motifs is 1. The summed E-state index contributed by atoms with van der Waals surface area (Å²) in [6, 6.07) is 0. The van der Waals surface area contributed by atoms with Crippen LogP contribution in [0.1, 0.15) is 33.6 Å². The fourth-order valence-electron chi connectivity index (χ4n) is 2.83. The van der Waals surface area contributed by atoms with Crippen LogP contribution in [-0.2, 0) is 9.57 Å². The Balaban J connectivity index is 1.86. The van der Waals surface area contributed by atoms with Crippen molar-refractivity contribution in [1.82, 2.24) is 4.90 Å². The molecule has 0 spiro atoms. The van der Waals surface area contributed by atoms with E-state index in [1.54, 1.807) is 0 Å². The Bertz CT molecular complexity index is 287. The molecule has 3 atom stereocenters. The van der Waals surface area contributed by atoms with Gasteiger partial charge in [0.1, 0.15) is 5.60 Å². The van der Waals surface area contributed by atoms with Gasteiger partial charge in [-0.1, -0.05) is 0 Å². The average Bonchev–Trinajstić information content (AvgIpc) is 2.70. The minimum absolute atomic E-state index is 0.172. The largest absolute Gasteiger partial charge is 0.444 e. The minimum Gasteiger partial charge on any atom is -0.444 e.